The fraction of sp³-hybridized carbons (Fsp3) is 0.438. The maximum absolute atomic E-state index is 5.83. The number of rotatable bonds is 4. The second kappa shape index (κ2) is 5.88. The molecule has 1 aliphatic rings. The Labute approximate surface area is 128 Å². The zero-order valence-corrected chi connectivity index (χ0v) is 12.4. The van der Waals surface area contributed by atoms with E-state index in [9.17, 15) is 0 Å². The van der Waals surface area contributed by atoms with Gasteiger partial charge in [-0.3, -0.25) is 9.58 Å². The monoisotopic (exact) mass is 297 g/mol. The van der Waals surface area contributed by atoms with Crippen molar-refractivity contribution in [3.05, 3.63) is 42.8 Å². The number of nitrogens with zero attached hydrogens (tertiary/aromatic N) is 5. The third-order valence-corrected chi connectivity index (χ3v) is 4.21. The lowest BCUT2D eigenvalue weighted by Crippen LogP contribution is -2.36. The van der Waals surface area contributed by atoms with E-state index in [0.29, 0.717) is 5.92 Å². The van der Waals surface area contributed by atoms with Gasteiger partial charge in [0, 0.05) is 13.1 Å². The van der Waals surface area contributed by atoms with E-state index in [0.717, 1.165) is 43.2 Å². The van der Waals surface area contributed by atoms with Crippen molar-refractivity contribution in [3.63, 3.8) is 0 Å². The van der Waals surface area contributed by atoms with Crippen LogP contribution in [-0.2, 0) is 13.1 Å². The summed E-state index contributed by atoms with van der Waals surface area (Å²) in [5, 5.41) is 4.20. The molecule has 6 heteroatoms. The van der Waals surface area contributed by atoms with Crippen LogP contribution in [0.2, 0.25) is 0 Å². The molecule has 0 saturated carbocycles. The van der Waals surface area contributed by atoms with E-state index in [-0.39, 0.29) is 0 Å². The van der Waals surface area contributed by atoms with Gasteiger partial charge in [0.25, 0.3) is 0 Å². The van der Waals surface area contributed by atoms with Gasteiger partial charge in [-0.1, -0.05) is 12.1 Å². The van der Waals surface area contributed by atoms with Crippen molar-refractivity contribution < 1.29 is 4.42 Å². The first-order valence-electron chi connectivity index (χ1n) is 7.76. The molecule has 0 amide bonds. The summed E-state index contributed by atoms with van der Waals surface area (Å²) in [6.07, 6.45) is 5.84. The van der Waals surface area contributed by atoms with Crippen molar-refractivity contribution in [3.8, 4) is 0 Å². The summed E-state index contributed by atoms with van der Waals surface area (Å²) in [5.41, 5.74) is 1.81. The predicted octanol–water partition coefficient (Wildman–Crippen LogP) is 2.33. The lowest BCUT2D eigenvalue weighted by Gasteiger charge is -2.31. The molecule has 1 fully saturated rings. The largest absolute Gasteiger partial charge is 0.439 e. The van der Waals surface area contributed by atoms with Gasteiger partial charge in [0.1, 0.15) is 18.2 Å². The number of piperidine rings is 1. The molecule has 3 heterocycles. The van der Waals surface area contributed by atoms with E-state index in [1.807, 2.05) is 28.9 Å². The van der Waals surface area contributed by atoms with Gasteiger partial charge in [-0.25, -0.2) is 9.97 Å². The number of fused-ring (bicyclic) bond motifs is 1. The average Bonchev–Trinajstić information content (AvgIpc) is 3.16. The van der Waals surface area contributed by atoms with Crippen molar-refractivity contribution in [2.75, 3.05) is 13.1 Å². The summed E-state index contributed by atoms with van der Waals surface area (Å²) in [6, 6.07) is 7.93. The van der Waals surface area contributed by atoms with Crippen LogP contribution in [0.3, 0.4) is 0 Å². The summed E-state index contributed by atoms with van der Waals surface area (Å²) in [7, 11) is 0. The molecule has 0 spiro atoms. The molecule has 6 nitrogen and oxygen atoms in total. The number of hydrogen-bond acceptors (Lipinski definition) is 5. The lowest BCUT2D eigenvalue weighted by atomic mass is 9.98. The molecular formula is C16H19N5O. The Bertz CT molecular complexity index is 703. The molecule has 114 valence electrons. The van der Waals surface area contributed by atoms with Crippen molar-refractivity contribution >= 4 is 11.1 Å². The molecule has 0 aliphatic carbocycles. The van der Waals surface area contributed by atoms with Gasteiger partial charge in [-0.2, -0.15) is 5.10 Å². The normalized spacial score (nSPS) is 19.7. The summed E-state index contributed by atoms with van der Waals surface area (Å²) < 4.78 is 7.76. The molecule has 1 atom stereocenters. The Morgan fingerprint density at radius 3 is 3.09 bits per heavy atom. The van der Waals surface area contributed by atoms with E-state index in [2.05, 4.69) is 20.0 Å². The van der Waals surface area contributed by atoms with Crippen LogP contribution in [0.25, 0.3) is 11.1 Å². The Hall–Kier alpha value is -2.21. The number of oxazole rings is 1. The highest BCUT2D eigenvalue weighted by molar-refractivity contribution is 5.72. The highest BCUT2D eigenvalue weighted by Gasteiger charge is 2.22. The molecule has 1 saturated heterocycles. The van der Waals surface area contributed by atoms with Gasteiger partial charge in [0.05, 0.1) is 6.54 Å². The van der Waals surface area contributed by atoms with Crippen LogP contribution < -0.4 is 0 Å². The number of para-hydroxylation sites is 2. The van der Waals surface area contributed by atoms with Gasteiger partial charge >= 0.3 is 0 Å². The highest BCUT2D eigenvalue weighted by atomic mass is 16.3. The smallest absolute Gasteiger partial charge is 0.209 e. The van der Waals surface area contributed by atoms with Crippen molar-refractivity contribution in [1.29, 1.82) is 0 Å². The van der Waals surface area contributed by atoms with Crippen molar-refractivity contribution in [1.82, 2.24) is 24.6 Å². The maximum atomic E-state index is 5.83. The summed E-state index contributed by atoms with van der Waals surface area (Å²) in [4.78, 5) is 11.0. The van der Waals surface area contributed by atoms with Crippen LogP contribution in [0.4, 0.5) is 0 Å². The van der Waals surface area contributed by atoms with E-state index in [1.54, 1.807) is 12.7 Å². The number of likely N-dealkylation sites (tertiary alicyclic amines) is 1. The first-order valence-corrected chi connectivity index (χ1v) is 7.76. The summed E-state index contributed by atoms with van der Waals surface area (Å²) >= 11 is 0. The number of benzene rings is 1. The maximum Gasteiger partial charge on any atom is 0.209 e. The second-order valence-corrected chi connectivity index (χ2v) is 5.94. The molecule has 3 aromatic rings. The molecule has 4 rings (SSSR count). The third kappa shape index (κ3) is 2.87. The highest BCUT2D eigenvalue weighted by Crippen LogP contribution is 2.21. The van der Waals surface area contributed by atoms with Gasteiger partial charge in [-0.05, 0) is 37.4 Å². The predicted molar refractivity (Wildman–Crippen MR) is 82.0 cm³/mol. The van der Waals surface area contributed by atoms with Gasteiger partial charge < -0.3 is 4.42 Å². The standard InChI is InChI=1S/C16H19N5O/c1-2-6-15-14(5-1)19-16(22-15)10-20-7-3-4-13(8-20)9-21-12-17-11-18-21/h1-2,5-6,11-13H,3-4,7-10H2. The molecular weight excluding hydrogens is 278 g/mol. The Balaban J connectivity index is 1.41. The minimum atomic E-state index is 0.611. The fourth-order valence-electron chi connectivity index (χ4n) is 3.21. The topological polar surface area (TPSA) is 60.0 Å². The van der Waals surface area contributed by atoms with Crippen molar-refractivity contribution in [2.45, 2.75) is 25.9 Å². The molecule has 0 N–H and O–H groups in total. The van der Waals surface area contributed by atoms with Crippen LogP contribution in [0.5, 0.6) is 0 Å². The summed E-state index contributed by atoms with van der Waals surface area (Å²) in [6.45, 7) is 3.87. The van der Waals surface area contributed by atoms with Gasteiger partial charge in [-0.15, -0.1) is 0 Å². The van der Waals surface area contributed by atoms with Gasteiger partial charge in [0.2, 0.25) is 5.89 Å². The number of hydrogen-bond donors (Lipinski definition) is 0. The van der Waals surface area contributed by atoms with Crippen LogP contribution in [0.15, 0.2) is 41.3 Å². The van der Waals surface area contributed by atoms with Crippen molar-refractivity contribution in [2.24, 2.45) is 5.92 Å². The lowest BCUT2D eigenvalue weighted by molar-refractivity contribution is 0.143. The third-order valence-electron chi connectivity index (χ3n) is 4.21. The molecule has 1 aromatic carbocycles. The SMILES string of the molecule is c1ccc2oc(CN3CCCC(Cn4cncn4)C3)nc2c1. The van der Waals surface area contributed by atoms with E-state index >= 15 is 0 Å². The molecule has 1 unspecified atom stereocenters. The average molecular weight is 297 g/mol. The van der Waals surface area contributed by atoms with Crippen LogP contribution in [0, 0.1) is 5.92 Å². The van der Waals surface area contributed by atoms with Crippen LogP contribution in [0.1, 0.15) is 18.7 Å². The van der Waals surface area contributed by atoms with E-state index < -0.39 is 0 Å². The Morgan fingerprint density at radius 1 is 1.27 bits per heavy atom. The van der Waals surface area contributed by atoms with Gasteiger partial charge in [0.15, 0.2) is 5.58 Å². The minimum Gasteiger partial charge on any atom is -0.439 e. The second-order valence-electron chi connectivity index (χ2n) is 5.94. The fourth-order valence-corrected chi connectivity index (χ4v) is 3.21. The first-order chi connectivity index (χ1) is 10.9. The van der Waals surface area contributed by atoms with Crippen LogP contribution >= 0.6 is 0 Å². The van der Waals surface area contributed by atoms with Crippen LogP contribution in [-0.4, -0.2) is 37.7 Å². The summed E-state index contributed by atoms with van der Waals surface area (Å²) in [5.74, 6) is 1.42. The molecule has 0 radical (unpaired) electrons. The molecule has 0 bridgehead atoms. The van der Waals surface area contributed by atoms with E-state index in [1.165, 1.54) is 12.8 Å². The minimum absolute atomic E-state index is 0.611. The molecule has 1 aliphatic heterocycles. The van der Waals surface area contributed by atoms with E-state index in [4.69, 9.17) is 4.42 Å². The zero-order chi connectivity index (χ0) is 14.8. The molecule has 22 heavy (non-hydrogen) atoms. The number of aromatic nitrogens is 4. The Kier molecular flexibility index (Phi) is 3.60. The molecule has 2 aromatic heterocycles. The zero-order valence-electron chi connectivity index (χ0n) is 12.4. The Morgan fingerprint density at radius 2 is 2.23 bits per heavy atom. The first kappa shape index (κ1) is 13.5. The quantitative estimate of drug-likeness (QED) is 0.739.